The molecule has 5 heteroatoms. The first-order chi connectivity index (χ1) is 11.2. The highest BCUT2D eigenvalue weighted by Gasteiger charge is 2.28. The van der Waals surface area contributed by atoms with Gasteiger partial charge in [-0.2, -0.15) is 4.99 Å². The van der Waals surface area contributed by atoms with E-state index in [1.807, 2.05) is 37.3 Å². The third kappa shape index (κ3) is 3.78. The summed E-state index contributed by atoms with van der Waals surface area (Å²) in [5.41, 5.74) is 0.925. The van der Waals surface area contributed by atoms with Crippen molar-refractivity contribution >= 4 is 28.9 Å². The number of piperidine rings is 1. The molecule has 2 aliphatic rings. The molecule has 0 saturated carbocycles. The molecule has 2 heterocycles. The fourth-order valence-electron chi connectivity index (χ4n) is 2.76. The molecule has 122 valence electrons. The van der Waals surface area contributed by atoms with Gasteiger partial charge in [-0.3, -0.25) is 4.79 Å². The Balaban J connectivity index is 1.75. The number of aliphatic imine (C=N–C) groups is 1. The van der Waals surface area contributed by atoms with Crippen molar-refractivity contribution in [3.63, 3.8) is 0 Å². The van der Waals surface area contributed by atoms with E-state index in [0.29, 0.717) is 11.5 Å². The van der Waals surface area contributed by atoms with Crippen LogP contribution in [-0.4, -0.2) is 35.7 Å². The van der Waals surface area contributed by atoms with Crippen molar-refractivity contribution in [3.05, 3.63) is 34.7 Å². The summed E-state index contributed by atoms with van der Waals surface area (Å²) in [6, 6.07) is 7.78. The summed E-state index contributed by atoms with van der Waals surface area (Å²) in [6.07, 6.45) is 4.22. The van der Waals surface area contributed by atoms with Crippen molar-refractivity contribution < 1.29 is 9.53 Å². The van der Waals surface area contributed by atoms with Gasteiger partial charge in [0.05, 0.1) is 11.5 Å². The Kier molecular flexibility index (Phi) is 5.06. The SMILES string of the molecule is CCOc1ccccc1/C=C1/SC(N2CCC(C)CC2)=NC1=O. The Labute approximate surface area is 141 Å². The first kappa shape index (κ1) is 16.1. The third-order valence-corrected chi connectivity index (χ3v) is 5.21. The minimum atomic E-state index is -0.144. The monoisotopic (exact) mass is 330 g/mol. The maximum Gasteiger partial charge on any atom is 0.286 e. The molecule has 1 aromatic rings. The zero-order valence-electron chi connectivity index (χ0n) is 13.6. The molecule has 0 radical (unpaired) electrons. The summed E-state index contributed by atoms with van der Waals surface area (Å²) >= 11 is 1.48. The Morgan fingerprint density at radius 2 is 2.09 bits per heavy atom. The van der Waals surface area contributed by atoms with E-state index in [4.69, 9.17) is 4.74 Å². The van der Waals surface area contributed by atoms with Crippen LogP contribution >= 0.6 is 11.8 Å². The van der Waals surface area contributed by atoms with Crippen molar-refractivity contribution in [2.24, 2.45) is 10.9 Å². The van der Waals surface area contributed by atoms with E-state index in [2.05, 4.69) is 16.8 Å². The zero-order valence-corrected chi connectivity index (χ0v) is 14.4. The van der Waals surface area contributed by atoms with E-state index in [1.54, 1.807) is 0 Å². The number of rotatable bonds is 3. The maximum atomic E-state index is 12.2. The molecule has 0 N–H and O–H groups in total. The number of para-hydroxylation sites is 1. The standard InChI is InChI=1S/C18H22N2O2S/c1-3-22-15-7-5-4-6-14(15)12-16-17(21)19-18(23-16)20-10-8-13(2)9-11-20/h4-7,12-13H,3,8-11H2,1-2H3/b16-12+. The van der Waals surface area contributed by atoms with Gasteiger partial charge in [0.15, 0.2) is 5.17 Å². The molecular formula is C18H22N2O2S. The Hall–Kier alpha value is -1.75. The second kappa shape index (κ2) is 7.21. The van der Waals surface area contributed by atoms with Crippen molar-refractivity contribution in [1.29, 1.82) is 0 Å². The molecule has 1 aromatic carbocycles. The topological polar surface area (TPSA) is 41.9 Å². The molecule has 23 heavy (non-hydrogen) atoms. The number of nitrogens with zero attached hydrogens (tertiary/aromatic N) is 2. The second-order valence-corrected chi connectivity index (χ2v) is 6.96. The van der Waals surface area contributed by atoms with Gasteiger partial charge in [0.25, 0.3) is 5.91 Å². The quantitative estimate of drug-likeness (QED) is 0.791. The molecule has 0 aromatic heterocycles. The molecule has 2 aliphatic heterocycles. The molecule has 0 aliphatic carbocycles. The number of amidine groups is 1. The first-order valence-corrected chi connectivity index (χ1v) is 8.98. The molecule has 1 saturated heterocycles. The summed E-state index contributed by atoms with van der Waals surface area (Å²) in [7, 11) is 0. The van der Waals surface area contributed by atoms with E-state index in [9.17, 15) is 4.79 Å². The molecule has 0 atom stereocenters. The lowest BCUT2D eigenvalue weighted by Crippen LogP contribution is -2.35. The summed E-state index contributed by atoms with van der Waals surface area (Å²) in [5, 5.41) is 0.849. The molecular weight excluding hydrogens is 308 g/mol. The first-order valence-electron chi connectivity index (χ1n) is 8.16. The third-order valence-electron chi connectivity index (χ3n) is 4.17. The number of thioether (sulfide) groups is 1. The van der Waals surface area contributed by atoms with Gasteiger partial charge in [-0.25, -0.2) is 0 Å². The van der Waals surface area contributed by atoms with E-state index >= 15 is 0 Å². The predicted molar refractivity (Wildman–Crippen MR) is 95.6 cm³/mol. The molecule has 4 nitrogen and oxygen atoms in total. The van der Waals surface area contributed by atoms with Gasteiger partial charge in [-0.15, -0.1) is 0 Å². The summed E-state index contributed by atoms with van der Waals surface area (Å²) < 4.78 is 5.62. The summed E-state index contributed by atoms with van der Waals surface area (Å²) in [6.45, 7) is 6.82. The van der Waals surface area contributed by atoms with Crippen LogP contribution in [0.2, 0.25) is 0 Å². The average molecular weight is 330 g/mol. The fourth-order valence-corrected chi connectivity index (χ4v) is 3.72. The van der Waals surface area contributed by atoms with Crippen LogP contribution in [0.15, 0.2) is 34.2 Å². The van der Waals surface area contributed by atoms with Crippen LogP contribution in [0.1, 0.15) is 32.3 Å². The Morgan fingerprint density at radius 3 is 2.83 bits per heavy atom. The number of amides is 1. The average Bonchev–Trinajstić information content (AvgIpc) is 2.91. The number of ether oxygens (including phenoxy) is 1. The van der Waals surface area contributed by atoms with Gasteiger partial charge in [-0.1, -0.05) is 25.1 Å². The van der Waals surface area contributed by atoms with Gasteiger partial charge >= 0.3 is 0 Å². The summed E-state index contributed by atoms with van der Waals surface area (Å²) in [4.78, 5) is 19.4. The minimum absolute atomic E-state index is 0.144. The summed E-state index contributed by atoms with van der Waals surface area (Å²) in [5.74, 6) is 1.42. The largest absolute Gasteiger partial charge is 0.493 e. The molecule has 3 rings (SSSR count). The van der Waals surface area contributed by atoms with Crippen molar-refractivity contribution in [1.82, 2.24) is 4.90 Å². The van der Waals surface area contributed by atoms with Gasteiger partial charge in [0, 0.05) is 18.7 Å². The lowest BCUT2D eigenvalue weighted by molar-refractivity contribution is -0.113. The van der Waals surface area contributed by atoms with E-state index in [0.717, 1.165) is 35.5 Å². The fraction of sp³-hybridized carbons (Fsp3) is 0.444. The Bertz CT molecular complexity index is 646. The number of carbonyl (C=O) groups is 1. The number of hydrogen-bond donors (Lipinski definition) is 0. The molecule has 1 fully saturated rings. The Morgan fingerprint density at radius 1 is 1.35 bits per heavy atom. The molecule has 0 spiro atoms. The predicted octanol–water partition coefficient (Wildman–Crippen LogP) is 3.79. The number of hydrogen-bond acceptors (Lipinski definition) is 4. The highest BCUT2D eigenvalue weighted by Crippen LogP contribution is 2.33. The second-order valence-electron chi connectivity index (χ2n) is 5.95. The smallest absolute Gasteiger partial charge is 0.286 e. The van der Waals surface area contributed by atoms with Crippen LogP contribution in [0.3, 0.4) is 0 Å². The van der Waals surface area contributed by atoms with Crippen LogP contribution in [0.5, 0.6) is 5.75 Å². The lowest BCUT2D eigenvalue weighted by Gasteiger charge is -2.30. The van der Waals surface area contributed by atoms with Crippen LogP contribution in [0.4, 0.5) is 0 Å². The van der Waals surface area contributed by atoms with E-state index < -0.39 is 0 Å². The number of likely N-dealkylation sites (tertiary alicyclic amines) is 1. The lowest BCUT2D eigenvalue weighted by atomic mass is 10.00. The highest BCUT2D eigenvalue weighted by atomic mass is 32.2. The van der Waals surface area contributed by atoms with Gasteiger partial charge < -0.3 is 9.64 Å². The van der Waals surface area contributed by atoms with Crippen LogP contribution < -0.4 is 4.74 Å². The van der Waals surface area contributed by atoms with Crippen molar-refractivity contribution in [2.75, 3.05) is 19.7 Å². The van der Waals surface area contributed by atoms with Gasteiger partial charge in [0.2, 0.25) is 0 Å². The minimum Gasteiger partial charge on any atom is -0.493 e. The number of benzene rings is 1. The molecule has 1 amide bonds. The van der Waals surface area contributed by atoms with Crippen LogP contribution in [0, 0.1) is 5.92 Å². The number of carbonyl (C=O) groups excluding carboxylic acids is 1. The van der Waals surface area contributed by atoms with E-state index in [-0.39, 0.29) is 5.91 Å². The van der Waals surface area contributed by atoms with Gasteiger partial charge in [-0.05, 0) is 49.6 Å². The van der Waals surface area contributed by atoms with Crippen molar-refractivity contribution in [2.45, 2.75) is 26.7 Å². The highest BCUT2D eigenvalue weighted by molar-refractivity contribution is 8.18. The van der Waals surface area contributed by atoms with E-state index in [1.165, 1.54) is 24.6 Å². The van der Waals surface area contributed by atoms with Crippen LogP contribution in [-0.2, 0) is 4.79 Å². The van der Waals surface area contributed by atoms with Crippen molar-refractivity contribution in [3.8, 4) is 5.75 Å². The maximum absolute atomic E-state index is 12.2. The zero-order chi connectivity index (χ0) is 16.2. The normalized spacial score (nSPS) is 21.0. The van der Waals surface area contributed by atoms with Gasteiger partial charge in [0.1, 0.15) is 5.75 Å². The molecule has 0 bridgehead atoms. The molecule has 0 unspecified atom stereocenters. The van der Waals surface area contributed by atoms with Crippen LogP contribution in [0.25, 0.3) is 6.08 Å².